The van der Waals surface area contributed by atoms with E-state index in [4.69, 9.17) is 9.73 Å². The van der Waals surface area contributed by atoms with Gasteiger partial charge in [0.15, 0.2) is 5.78 Å². The maximum atomic E-state index is 14.0. The molecule has 40 heavy (non-hydrogen) atoms. The summed E-state index contributed by atoms with van der Waals surface area (Å²) >= 11 is 0. The number of hydrogen-bond acceptors (Lipinski definition) is 3. The van der Waals surface area contributed by atoms with Crippen molar-refractivity contribution in [3.8, 4) is 0 Å². The minimum absolute atomic E-state index is 0.0897. The fraction of sp³-hybridized carbons (Fsp3) is 0.676. The van der Waals surface area contributed by atoms with Crippen molar-refractivity contribution in [2.75, 3.05) is 13.7 Å². The topological polar surface area (TPSA) is 38.7 Å². The predicted octanol–water partition coefficient (Wildman–Crippen LogP) is 10.3. The summed E-state index contributed by atoms with van der Waals surface area (Å²) in [4.78, 5) is 18.8. The van der Waals surface area contributed by atoms with E-state index < -0.39 is 0 Å². The van der Waals surface area contributed by atoms with Crippen LogP contribution in [0.4, 0.5) is 0 Å². The molecule has 2 unspecified atom stereocenters. The molecule has 3 nitrogen and oxygen atoms in total. The SMILES string of the molecule is CCCCCCCOC1=CC2=C(CCC(C(=O)c3cc(C(CC4CCCCC4)=NC)c(C)cc3C)CC2)CC1C. The van der Waals surface area contributed by atoms with E-state index >= 15 is 0 Å². The third-order valence-electron chi connectivity index (χ3n) is 9.88. The van der Waals surface area contributed by atoms with Gasteiger partial charge in [0, 0.05) is 30.2 Å². The number of aryl methyl sites for hydroxylation is 2. The van der Waals surface area contributed by atoms with Crippen LogP contribution in [0.5, 0.6) is 0 Å². The van der Waals surface area contributed by atoms with E-state index in [2.05, 4.69) is 45.9 Å². The van der Waals surface area contributed by atoms with Crippen LogP contribution in [0.2, 0.25) is 0 Å². The van der Waals surface area contributed by atoms with Crippen LogP contribution in [0, 0.1) is 31.6 Å². The highest BCUT2D eigenvalue weighted by atomic mass is 16.5. The minimum Gasteiger partial charge on any atom is -0.498 e. The van der Waals surface area contributed by atoms with Crippen molar-refractivity contribution in [3.05, 3.63) is 57.4 Å². The number of ketones is 1. The average Bonchev–Trinajstić information content (AvgIpc) is 3.16. The van der Waals surface area contributed by atoms with E-state index in [9.17, 15) is 4.79 Å². The number of Topliss-reactive ketones (excluding diaryl/α,β-unsaturated/α-hetero) is 1. The molecule has 3 heteroatoms. The molecule has 0 saturated heterocycles. The first-order valence-corrected chi connectivity index (χ1v) is 16.6. The van der Waals surface area contributed by atoms with Gasteiger partial charge in [-0.1, -0.05) is 83.3 Å². The Morgan fingerprint density at radius 1 is 0.925 bits per heavy atom. The molecule has 0 aliphatic heterocycles. The number of carbonyl (C=O) groups is 1. The molecule has 3 aliphatic rings. The summed E-state index contributed by atoms with van der Waals surface area (Å²) < 4.78 is 6.29. The smallest absolute Gasteiger partial charge is 0.166 e. The van der Waals surface area contributed by atoms with E-state index in [0.717, 1.165) is 68.6 Å². The molecule has 3 aliphatic carbocycles. The zero-order chi connectivity index (χ0) is 28.5. The molecular weight excluding hydrogens is 490 g/mol. The zero-order valence-corrected chi connectivity index (χ0v) is 26.2. The van der Waals surface area contributed by atoms with Gasteiger partial charge in [-0.15, -0.1) is 0 Å². The molecule has 4 rings (SSSR count). The molecular formula is C37H55NO2. The number of aliphatic imine (C=N–C) groups is 1. The Kier molecular flexibility index (Phi) is 11.7. The Hall–Kier alpha value is -2.16. The van der Waals surface area contributed by atoms with Crippen molar-refractivity contribution in [1.29, 1.82) is 0 Å². The predicted molar refractivity (Wildman–Crippen MR) is 169 cm³/mol. The van der Waals surface area contributed by atoms with Gasteiger partial charge >= 0.3 is 0 Å². The van der Waals surface area contributed by atoms with Gasteiger partial charge in [-0.05, 0) is 99.1 Å². The zero-order valence-electron chi connectivity index (χ0n) is 26.2. The highest BCUT2D eigenvalue weighted by Gasteiger charge is 2.29. The van der Waals surface area contributed by atoms with Gasteiger partial charge in [0.25, 0.3) is 0 Å². The Balaban J connectivity index is 1.41. The molecule has 0 spiro atoms. The molecule has 1 fully saturated rings. The molecule has 1 saturated carbocycles. The van der Waals surface area contributed by atoms with Crippen LogP contribution in [0.1, 0.15) is 144 Å². The van der Waals surface area contributed by atoms with Crippen LogP contribution in [-0.4, -0.2) is 25.1 Å². The van der Waals surface area contributed by atoms with Crippen LogP contribution in [0.25, 0.3) is 0 Å². The number of hydrogen-bond donors (Lipinski definition) is 0. The lowest BCUT2D eigenvalue weighted by Gasteiger charge is -2.25. The van der Waals surface area contributed by atoms with Gasteiger partial charge in [-0.3, -0.25) is 9.79 Å². The van der Waals surface area contributed by atoms with Crippen molar-refractivity contribution in [2.45, 2.75) is 130 Å². The number of rotatable bonds is 12. The quantitative estimate of drug-likeness (QED) is 0.149. The Morgan fingerprint density at radius 2 is 1.65 bits per heavy atom. The lowest BCUT2D eigenvalue weighted by molar-refractivity contribution is 0.0908. The van der Waals surface area contributed by atoms with Gasteiger partial charge in [-0.2, -0.15) is 0 Å². The third-order valence-corrected chi connectivity index (χ3v) is 9.88. The Morgan fingerprint density at radius 3 is 2.40 bits per heavy atom. The fourth-order valence-corrected chi connectivity index (χ4v) is 7.33. The van der Waals surface area contributed by atoms with Crippen molar-refractivity contribution in [1.82, 2.24) is 0 Å². The van der Waals surface area contributed by atoms with Crippen molar-refractivity contribution in [3.63, 3.8) is 0 Å². The first-order valence-electron chi connectivity index (χ1n) is 16.6. The van der Waals surface area contributed by atoms with E-state index in [0.29, 0.717) is 11.7 Å². The average molecular weight is 546 g/mol. The fourth-order valence-electron chi connectivity index (χ4n) is 7.33. The van der Waals surface area contributed by atoms with Crippen LogP contribution in [-0.2, 0) is 4.74 Å². The Bertz CT molecular complexity index is 1100. The molecule has 0 N–H and O–H groups in total. The van der Waals surface area contributed by atoms with Gasteiger partial charge in [0.1, 0.15) is 0 Å². The standard InChI is InChI=1S/C37H55NO2/c1-6-7-8-9-13-20-40-36-24-32-19-17-30(16-18-31(32)22-28(36)4)37(39)34-25-33(26(2)21-27(34)3)35(38-5)23-29-14-11-10-12-15-29/h21,24-25,28-30H,6-20,22-23H2,1-5H3. The summed E-state index contributed by atoms with van der Waals surface area (Å²) in [6, 6.07) is 4.43. The van der Waals surface area contributed by atoms with Crippen LogP contribution >= 0.6 is 0 Å². The number of allylic oxidation sites excluding steroid dienone is 4. The summed E-state index contributed by atoms with van der Waals surface area (Å²) in [6.07, 6.45) is 21.4. The van der Waals surface area contributed by atoms with Crippen molar-refractivity contribution in [2.24, 2.45) is 22.7 Å². The summed E-state index contributed by atoms with van der Waals surface area (Å²) in [5.74, 6) is 2.78. The van der Waals surface area contributed by atoms with Gasteiger partial charge < -0.3 is 4.74 Å². The molecule has 0 bridgehead atoms. The lowest BCUT2D eigenvalue weighted by atomic mass is 9.82. The monoisotopic (exact) mass is 545 g/mol. The number of nitrogens with zero attached hydrogens (tertiary/aromatic N) is 1. The van der Waals surface area contributed by atoms with Crippen molar-refractivity contribution < 1.29 is 9.53 Å². The van der Waals surface area contributed by atoms with E-state index in [1.54, 1.807) is 5.57 Å². The number of benzene rings is 1. The maximum Gasteiger partial charge on any atom is 0.166 e. The highest BCUT2D eigenvalue weighted by molar-refractivity contribution is 6.06. The molecule has 1 aromatic rings. The van der Waals surface area contributed by atoms with Gasteiger partial charge in [0.05, 0.1) is 12.4 Å². The maximum absolute atomic E-state index is 14.0. The summed E-state index contributed by atoms with van der Waals surface area (Å²) in [7, 11) is 1.93. The summed E-state index contributed by atoms with van der Waals surface area (Å²) in [6.45, 7) is 9.70. The molecule has 0 amide bonds. The molecule has 220 valence electrons. The first-order chi connectivity index (χ1) is 19.4. The highest BCUT2D eigenvalue weighted by Crippen LogP contribution is 2.39. The van der Waals surface area contributed by atoms with Gasteiger partial charge in [0.2, 0.25) is 0 Å². The second kappa shape index (κ2) is 15.2. The molecule has 0 aromatic heterocycles. The lowest BCUT2D eigenvalue weighted by Crippen LogP contribution is -2.18. The Labute approximate surface area is 245 Å². The molecule has 0 radical (unpaired) electrons. The van der Waals surface area contributed by atoms with Crippen LogP contribution < -0.4 is 0 Å². The van der Waals surface area contributed by atoms with Crippen LogP contribution in [0.3, 0.4) is 0 Å². The van der Waals surface area contributed by atoms with E-state index in [-0.39, 0.29) is 5.92 Å². The molecule has 2 atom stereocenters. The van der Waals surface area contributed by atoms with E-state index in [1.807, 2.05) is 7.05 Å². The van der Waals surface area contributed by atoms with Gasteiger partial charge in [-0.25, -0.2) is 0 Å². The largest absolute Gasteiger partial charge is 0.498 e. The van der Waals surface area contributed by atoms with Crippen LogP contribution in [0.15, 0.2) is 40.1 Å². The molecule has 0 heterocycles. The summed E-state index contributed by atoms with van der Waals surface area (Å²) in [5.41, 5.74) is 8.68. The third kappa shape index (κ3) is 7.98. The second-order valence-corrected chi connectivity index (χ2v) is 13.0. The normalized spacial score (nSPS) is 22.5. The summed E-state index contributed by atoms with van der Waals surface area (Å²) in [5, 5.41) is 0. The number of carbonyl (C=O) groups excluding carboxylic acids is 1. The minimum atomic E-state index is 0.0897. The number of ether oxygens (including phenoxy) is 1. The number of unbranched alkanes of at least 4 members (excludes halogenated alkanes) is 4. The second-order valence-electron chi connectivity index (χ2n) is 13.0. The molecule has 1 aromatic carbocycles. The van der Waals surface area contributed by atoms with Crippen molar-refractivity contribution >= 4 is 11.5 Å². The van der Waals surface area contributed by atoms with E-state index in [1.165, 1.54) is 86.0 Å². The first kappa shape index (κ1) is 30.8.